The van der Waals surface area contributed by atoms with Crippen LogP contribution in [0.2, 0.25) is 0 Å². The molecule has 1 heterocycles. The number of rotatable bonds is 13. The predicted octanol–water partition coefficient (Wildman–Crippen LogP) is 6.05. The largest absolute Gasteiger partial charge is 0.436 e. The second-order valence-corrected chi connectivity index (χ2v) is 9.90. The van der Waals surface area contributed by atoms with Crippen molar-refractivity contribution in [3.8, 4) is 22.9 Å². The van der Waals surface area contributed by atoms with Crippen LogP contribution >= 0.6 is 0 Å². The zero-order chi connectivity index (χ0) is 26.9. The molecule has 6 nitrogen and oxygen atoms in total. The van der Waals surface area contributed by atoms with Gasteiger partial charge in [-0.3, -0.25) is 4.90 Å². The minimum atomic E-state index is -0.676. The number of para-hydroxylation sites is 1. The van der Waals surface area contributed by atoms with E-state index >= 15 is 0 Å². The monoisotopic (exact) mass is 517 g/mol. The Labute approximate surface area is 224 Å². The van der Waals surface area contributed by atoms with E-state index in [-0.39, 0.29) is 12.4 Å². The van der Waals surface area contributed by atoms with E-state index in [0.29, 0.717) is 31.5 Å². The van der Waals surface area contributed by atoms with Gasteiger partial charge in [0.25, 0.3) is 0 Å². The van der Waals surface area contributed by atoms with Crippen LogP contribution in [0.3, 0.4) is 0 Å². The first-order valence-electron chi connectivity index (χ1n) is 13.0. The summed E-state index contributed by atoms with van der Waals surface area (Å²) < 4.78 is 28.1. The van der Waals surface area contributed by atoms with Crippen molar-refractivity contribution in [1.82, 2.24) is 14.7 Å². The molecule has 4 aromatic rings. The van der Waals surface area contributed by atoms with Gasteiger partial charge in [-0.05, 0) is 23.6 Å². The summed E-state index contributed by atoms with van der Waals surface area (Å²) in [7, 11) is 1.80. The van der Waals surface area contributed by atoms with Crippen molar-refractivity contribution in [2.24, 2.45) is 13.0 Å². The average molecular weight is 518 g/mol. The van der Waals surface area contributed by atoms with Crippen LogP contribution in [0.15, 0.2) is 84.9 Å². The molecule has 3 aromatic carbocycles. The minimum Gasteiger partial charge on any atom is -0.436 e. The van der Waals surface area contributed by atoms with Crippen molar-refractivity contribution >= 4 is 0 Å². The van der Waals surface area contributed by atoms with Crippen LogP contribution in [-0.4, -0.2) is 45.6 Å². The number of aliphatic hydroxyl groups excluding tert-OH is 1. The topological polar surface area (TPSA) is 59.8 Å². The molecule has 1 atom stereocenters. The number of benzene rings is 3. The maximum absolute atomic E-state index is 14.5. The first-order chi connectivity index (χ1) is 18.4. The Hall–Kier alpha value is -3.52. The fourth-order valence-electron chi connectivity index (χ4n) is 4.46. The molecule has 0 aliphatic heterocycles. The van der Waals surface area contributed by atoms with Crippen molar-refractivity contribution in [3.05, 3.63) is 102 Å². The van der Waals surface area contributed by atoms with E-state index in [1.165, 1.54) is 6.07 Å². The fraction of sp³-hybridized carbons (Fsp3) is 0.323. The number of hydrogen-bond acceptors (Lipinski definition) is 5. The molecule has 1 aromatic heterocycles. The lowest BCUT2D eigenvalue weighted by Crippen LogP contribution is -2.37. The average Bonchev–Trinajstić information content (AvgIpc) is 3.20. The van der Waals surface area contributed by atoms with Gasteiger partial charge in [0.05, 0.1) is 24.9 Å². The van der Waals surface area contributed by atoms with E-state index in [1.807, 2.05) is 60.7 Å². The van der Waals surface area contributed by atoms with E-state index in [4.69, 9.17) is 14.6 Å². The molecule has 0 spiro atoms. The SMILES string of the molecule is CC(C)CN(Cc1c(-c2ccccc2)nn(C)c1Oc1ccccc1F)CC(O)COCc1ccccc1. The maximum atomic E-state index is 14.5. The first-order valence-corrected chi connectivity index (χ1v) is 13.0. The third kappa shape index (κ3) is 7.51. The van der Waals surface area contributed by atoms with Crippen LogP contribution in [-0.2, 0) is 24.9 Å². The first kappa shape index (κ1) is 27.5. The normalized spacial score (nSPS) is 12.3. The molecule has 0 amide bonds. The van der Waals surface area contributed by atoms with Gasteiger partial charge in [0.1, 0.15) is 5.69 Å². The Bertz CT molecular complexity index is 1280. The molecule has 1 unspecified atom stereocenters. The molecule has 4 rings (SSSR count). The Morgan fingerprint density at radius 3 is 2.26 bits per heavy atom. The maximum Gasteiger partial charge on any atom is 0.222 e. The molecular formula is C31H36FN3O3. The van der Waals surface area contributed by atoms with Crippen LogP contribution < -0.4 is 4.74 Å². The lowest BCUT2D eigenvalue weighted by Gasteiger charge is -2.27. The third-order valence-electron chi connectivity index (χ3n) is 6.07. The third-order valence-corrected chi connectivity index (χ3v) is 6.07. The van der Waals surface area contributed by atoms with Crippen LogP contribution in [0.5, 0.6) is 11.6 Å². The molecule has 38 heavy (non-hydrogen) atoms. The van der Waals surface area contributed by atoms with E-state index in [1.54, 1.807) is 29.9 Å². The molecule has 0 saturated carbocycles. The van der Waals surface area contributed by atoms with Gasteiger partial charge in [0.2, 0.25) is 5.88 Å². The Morgan fingerprint density at radius 1 is 0.921 bits per heavy atom. The van der Waals surface area contributed by atoms with Crippen LogP contribution in [0.4, 0.5) is 4.39 Å². The molecule has 0 aliphatic rings. The Morgan fingerprint density at radius 2 is 1.58 bits per heavy atom. The number of nitrogens with zero attached hydrogens (tertiary/aromatic N) is 3. The standard InChI is InChI=1S/C31H36FN3O3/c1-23(2)18-35(19-26(36)22-37-21-24-12-6-4-7-13-24)20-27-30(25-14-8-5-9-15-25)33-34(3)31(27)38-29-17-11-10-16-28(29)32/h4-17,23,26,36H,18-22H2,1-3H3. The summed E-state index contributed by atoms with van der Waals surface area (Å²) in [6.45, 7) is 6.58. The molecule has 1 N–H and O–H groups in total. The molecule has 0 radical (unpaired) electrons. The van der Waals surface area contributed by atoms with Crippen molar-refractivity contribution in [3.63, 3.8) is 0 Å². The quantitative estimate of drug-likeness (QED) is 0.234. The summed E-state index contributed by atoms with van der Waals surface area (Å²) >= 11 is 0. The number of aliphatic hydroxyl groups is 1. The Balaban J connectivity index is 1.57. The molecule has 0 bridgehead atoms. The molecule has 0 saturated heterocycles. The molecule has 200 valence electrons. The smallest absolute Gasteiger partial charge is 0.222 e. The number of hydrogen-bond donors (Lipinski definition) is 1. The molecule has 7 heteroatoms. The van der Waals surface area contributed by atoms with Gasteiger partial charge in [0.15, 0.2) is 11.6 Å². The summed E-state index contributed by atoms with van der Waals surface area (Å²) in [5.41, 5.74) is 3.61. The van der Waals surface area contributed by atoms with Crippen molar-refractivity contribution in [1.29, 1.82) is 0 Å². The van der Waals surface area contributed by atoms with Crippen molar-refractivity contribution < 1.29 is 19.0 Å². The van der Waals surface area contributed by atoms with Crippen molar-refractivity contribution in [2.75, 3.05) is 19.7 Å². The van der Waals surface area contributed by atoms with Crippen LogP contribution in [0, 0.1) is 11.7 Å². The number of halogens is 1. The number of aromatic nitrogens is 2. The van der Waals surface area contributed by atoms with E-state index < -0.39 is 11.9 Å². The summed E-state index contributed by atoms with van der Waals surface area (Å²) in [6.07, 6.45) is -0.676. The number of aryl methyl sites for hydroxylation is 1. The molecule has 0 aliphatic carbocycles. The molecule has 0 fully saturated rings. The summed E-state index contributed by atoms with van der Waals surface area (Å²) in [5, 5.41) is 15.6. The van der Waals surface area contributed by atoms with E-state index in [9.17, 15) is 9.50 Å². The lowest BCUT2D eigenvalue weighted by atomic mass is 10.1. The highest BCUT2D eigenvalue weighted by Gasteiger charge is 2.24. The van der Waals surface area contributed by atoms with Gasteiger partial charge in [0, 0.05) is 32.2 Å². The summed E-state index contributed by atoms with van der Waals surface area (Å²) in [5.74, 6) is 0.532. The van der Waals surface area contributed by atoms with E-state index in [2.05, 4.69) is 18.7 Å². The zero-order valence-electron chi connectivity index (χ0n) is 22.3. The van der Waals surface area contributed by atoms with Crippen LogP contribution in [0.1, 0.15) is 25.0 Å². The van der Waals surface area contributed by atoms with Crippen molar-refractivity contribution in [2.45, 2.75) is 33.1 Å². The van der Waals surface area contributed by atoms with E-state index in [0.717, 1.165) is 28.9 Å². The Kier molecular flexibility index (Phi) is 9.65. The zero-order valence-corrected chi connectivity index (χ0v) is 22.3. The van der Waals surface area contributed by atoms with Gasteiger partial charge in [-0.1, -0.05) is 86.6 Å². The van der Waals surface area contributed by atoms with Gasteiger partial charge in [-0.15, -0.1) is 0 Å². The second-order valence-electron chi connectivity index (χ2n) is 9.90. The predicted molar refractivity (Wildman–Crippen MR) is 147 cm³/mol. The highest BCUT2D eigenvalue weighted by atomic mass is 19.1. The van der Waals surface area contributed by atoms with Gasteiger partial charge < -0.3 is 14.6 Å². The lowest BCUT2D eigenvalue weighted by molar-refractivity contribution is 0.00671. The van der Waals surface area contributed by atoms with Crippen LogP contribution in [0.25, 0.3) is 11.3 Å². The van der Waals surface area contributed by atoms with Gasteiger partial charge >= 0.3 is 0 Å². The second kappa shape index (κ2) is 13.3. The minimum absolute atomic E-state index is 0.140. The fourth-order valence-corrected chi connectivity index (χ4v) is 4.46. The molecular weight excluding hydrogens is 481 g/mol. The highest BCUT2D eigenvalue weighted by Crippen LogP contribution is 2.35. The highest BCUT2D eigenvalue weighted by molar-refractivity contribution is 5.65. The summed E-state index contributed by atoms with van der Waals surface area (Å²) in [6, 6.07) is 26.1. The van der Waals surface area contributed by atoms with Gasteiger partial charge in [-0.25, -0.2) is 9.07 Å². The van der Waals surface area contributed by atoms with Gasteiger partial charge in [-0.2, -0.15) is 5.10 Å². The number of ether oxygens (including phenoxy) is 2. The summed E-state index contributed by atoms with van der Waals surface area (Å²) in [4.78, 5) is 2.18.